The van der Waals surface area contributed by atoms with Gasteiger partial charge in [0.2, 0.25) is 23.8 Å². The van der Waals surface area contributed by atoms with E-state index in [1.54, 1.807) is 0 Å². The van der Waals surface area contributed by atoms with Crippen molar-refractivity contribution in [2.24, 2.45) is 20.0 Å². The monoisotopic (exact) mass is 580 g/mol. The predicted molar refractivity (Wildman–Crippen MR) is 182 cm³/mol. The molecule has 0 atom stereocenters. The molecule has 0 aliphatic heterocycles. The van der Waals surface area contributed by atoms with Gasteiger partial charge >= 0.3 is 0 Å². The van der Waals surface area contributed by atoms with Gasteiger partial charge < -0.3 is 39.2 Å². The van der Waals surface area contributed by atoms with Gasteiger partial charge in [0.25, 0.3) is 0 Å². The van der Waals surface area contributed by atoms with Crippen molar-refractivity contribution in [1.29, 1.82) is 0 Å². The highest BCUT2D eigenvalue weighted by Crippen LogP contribution is 2.45. The van der Waals surface area contributed by atoms with E-state index in [0.29, 0.717) is 0 Å². The number of rotatable bonds is 4. The van der Waals surface area contributed by atoms with Crippen molar-refractivity contribution in [3.05, 3.63) is 24.3 Å². The Hall–Kier alpha value is -4.22. The number of nitrogens with zero attached hydrogens (tertiary/aromatic N) is 12. The average molecular weight is 581 g/mol. The molecule has 2 rings (SSSR count). The number of aliphatic imine (C=N–C) groups is 4. The smallest absolute Gasteiger partial charge is 0.200 e. The van der Waals surface area contributed by atoms with Crippen LogP contribution in [0, 0.1) is 0 Å². The van der Waals surface area contributed by atoms with Crippen molar-refractivity contribution < 1.29 is 0 Å². The molecule has 0 unspecified atom stereocenters. The Kier molecular flexibility index (Phi) is 11.4. The molecule has 0 saturated heterocycles. The molecule has 0 heterocycles. The Morgan fingerprint density at radius 3 is 0.571 bits per heavy atom. The summed E-state index contributed by atoms with van der Waals surface area (Å²) in [7, 11) is 31.9. The van der Waals surface area contributed by atoms with Gasteiger partial charge in [-0.1, -0.05) is 0 Å². The van der Waals surface area contributed by atoms with Crippen molar-refractivity contribution >= 4 is 57.4 Å². The number of hydrogen-bond donors (Lipinski definition) is 0. The van der Waals surface area contributed by atoms with Crippen LogP contribution >= 0.6 is 0 Å². The molecule has 2 aromatic carbocycles. The molecule has 0 spiro atoms. The topological polar surface area (TPSA) is 75.4 Å². The third-order valence-electron chi connectivity index (χ3n) is 6.15. The molecule has 232 valence electrons. The van der Waals surface area contributed by atoms with Gasteiger partial charge in [-0.2, -0.15) is 0 Å². The zero-order chi connectivity index (χ0) is 32.0. The molecule has 0 saturated carbocycles. The highest BCUT2D eigenvalue weighted by molar-refractivity contribution is 6.15. The maximum atomic E-state index is 5.16. The van der Waals surface area contributed by atoms with E-state index in [0.717, 1.165) is 57.4 Å². The van der Waals surface area contributed by atoms with E-state index in [1.165, 1.54) is 0 Å². The maximum absolute atomic E-state index is 5.16. The van der Waals surface area contributed by atoms with Crippen LogP contribution < -0.4 is 0 Å². The van der Waals surface area contributed by atoms with E-state index >= 15 is 0 Å². The molecular weight excluding hydrogens is 528 g/mol. The Morgan fingerprint density at radius 2 is 0.452 bits per heavy atom. The number of fused-ring (bicyclic) bond motifs is 1. The third kappa shape index (κ3) is 7.95. The summed E-state index contributed by atoms with van der Waals surface area (Å²) in [5.41, 5.74) is 3.12. The molecule has 0 amide bonds. The van der Waals surface area contributed by atoms with Gasteiger partial charge in [-0.15, -0.1) is 0 Å². The average Bonchev–Trinajstić information content (AvgIpc) is 2.86. The van der Waals surface area contributed by atoms with Crippen LogP contribution in [0.3, 0.4) is 0 Å². The van der Waals surface area contributed by atoms with E-state index in [1.807, 2.05) is 176 Å². The first-order chi connectivity index (χ1) is 19.5. The second kappa shape index (κ2) is 14.1. The highest BCUT2D eigenvalue weighted by Gasteiger charge is 2.19. The minimum atomic E-state index is 0.779. The van der Waals surface area contributed by atoms with E-state index in [-0.39, 0.29) is 0 Å². The third-order valence-corrected chi connectivity index (χ3v) is 6.15. The molecule has 12 heteroatoms. The van der Waals surface area contributed by atoms with Gasteiger partial charge in [0.1, 0.15) is 0 Å². The first-order valence-electron chi connectivity index (χ1n) is 13.8. The lowest BCUT2D eigenvalue weighted by molar-refractivity contribution is 0.484. The van der Waals surface area contributed by atoms with E-state index in [9.17, 15) is 0 Å². The lowest BCUT2D eigenvalue weighted by atomic mass is 10.0. The van der Waals surface area contributed by atoms with Crippen LogP contribution in [0.5, 0.6) is 0 Å². The van der Waals surface area contributed by atoms with Gasteiger partial charge in [0.15, 0.2) is 0 Å². The van der Waals surface area contributed by atoms with Crippen LogP contribution in [0.2, 0.25) is 0 Å². The molecule has 0 radical (unpaired) electrons. The molecule has 0 N–H and O–H groups in total. The van der Waals surface area contributed by atoms with Gasteiger partial charge in [-0.25, -0.2) is 20.0 Å². The quantitative estimate of drug-likeness (QED) is 0.403. The largest absolute Gasteiger partial charge is 0.349 e. The summed E-state index contributed by atoms with van der Waals surface area (Å²) in [5.74, 6) is 3.23. The first kappa shape index (κ1) is 34.0. The molecule has 0 aliphatic carbocycles. The summed E-state index contributed by atoms with van der Waals surface area (Å²) in [6.07, 6.45) is 0. The zero-order valence-electron chi connectivity index (χ0n) is 28.7. The Bertz CT molecular complexity index is 1100. The standard InChI is InChI=1S/C30H52N12/c1-35(2)27(36(3)4)31-21-17-18-23(33-29(39(9)10)40(11)12)26-24(34-30(41(13)14)42(15)16)20-19-22(25(21)26)32-28(37(5)6)38(7)8/h17-20H,1-16H3. The fourth-order valence-electron chi connectivity index (χ4n) is 4.63. The first-order valence-corrected chi connectivity index (χ1v) is 13.8. The molecule has 0 fully saturated rings. The van der Waals surface area contributed by atoms with Gasteiger partial charge in [-0.3, -0.25) is 0 Å². The molecule has 0 aromatic heterocycles. The maximum Gasteiger partial charge on any atom is 0.200 e. The van der Waals surface area contributed by atoms with Crippen LogP contribution in [0.1, 0.15) is 0 Å². The summed E-state index contributed by atoms with van der Waals surface area (Å²) in [5, 5.41) is 1.74. The summed E-state index contributed by atoms with van der Waals surface area (Å²) in [4.78, 5) is 36.6. The van der Waals surface area contributed by atoms with E-state index < -0.39 is 0 Å². The van der Waals surface area contributed by atoms with Gasteiger partial charge in [0, 0.05) is 124 Å². The van der Waals surface area contributed by atoms with Gasteiger partial charge in [0.05, 0.1) is 22.7 Å². The molecule has 12 nitrogen and oxygen atoms in total. The summed E-state index contributed by atoms with van der Waals surface area (Å²) < 4.78 is 0. The van der Waals surface area contributed by atoms with Crippen molar-refractivity contribution in [1.82, 2.24) is 39.2 Å². The lowest BCUT2D eigenvalue weighted by Gasteiger charge is -2.25. The van der Waals surface area contributed by atoms with E-state index in [2.05, 4.69) is 0 Å². The Labute approximate surface area is 253 Å². The minimum Gasteiger partial charge on any atom is -0.349 e. The fraction of sp³-hybridized carbons (Fsp3) is 0.533. The molecule has 0 aliphatic rings. The van der Waals surface area contributed by atoms with Crippen molar-refractivity contribution in [2.45, 2.75) is 0 Å². The predicted octanol–water partition coefficient (Wildman–Crippen LogP) is 3.28. The van der Waals surface area contributed by atoms with Crippen molar-refractivity contribution in [3.8, 4) is 0 Å². The zero-order valence-corrected chi connectivity index (χ0v) is 28.7. The normalized spacial score (nSPS) is 10.4. The minimum absolute atomic E-state index is 0.779. The summed E-state index contributed by atoms with van der Waals surface area (Å²) in [6.45, 7) is 0. The Morgan fingerprint density at radius 1 is 0.310 bits per heavy atom. The van der Waals surface area contributed by atoms with Crippen LogP contribution in [-0.2, 0) is 0 Å². The lowest BCUT2D eigenvalue weighted by Crippen LogP contribution is -2.35. The summed E-state index contributed by atoms with van der Waals surface area (Å²) in [6, 6.07) is 8.08. The van der Waals surface area contributed by atoms with Gasteiger partial charge in [-0.05, 0) is 24.3 Å². The van der Waals surface area contributed by atoms with E-state index in [4.69, 9.17) is 20.0 Å². The number of hydrogen-bond acceptors (Lipinski definition) is 4. The highest BCUT2D eigenvalue weighted by atomic mass is 15.4. The SMILES string of the molecule is CN(C)C(=Nc1ccc(N=C(N(C)C)N(C)C)c2c(N=C(N(C)C)N(C)C)ccc(N=C(N(C)C)N(C)C)c12)N(C)C. The molecule has 42 heavy (non-hydrogen) atoms. The van der Waals surface area contributed by atoms with Crippen LogP contribution in [-0.4, -0.2) is 176 Å². The fourth-order valence-corrected chi connectivity index (χ4v) is 4.63. The number of guanidine groups is 4. The second-order valence-electron chi connectivity index (χ2n) is 11.8. The molecular formula is C30H52N12. The second-order valence-corrected chi connectivity index (χ2v) is 11.8. The van der Waals surface area contributed by atoms with Crippen LogP contribution in [0.15, 0.2) is 44.2 Å². The van der Waals surface area contributed by atoms with Crippen LogP contribution in [0.4, 0.5) is 22.7 Å². The number of benzene rings is 2. The summed E-state index contributed by atoms with van der Waals surface area (Å²) >= 11 is 0. The molecule has 2 aromatic rings. The molecule has 0 bridgehead atoms. The van der Waals surface area contributed by atoms with Crippen molar-refractivity contribution in [2.75, 3.05) is 113 Å². The van der Waals surface area contributed by atoms with Crippen molar-refractivity contribution in [3.63, 3.8) is 0 Å². The van der Waals surface area contributed by atoms with Crippen LogP contribution in [0.25, 0.3) is 10.8 Å². The Balaban J connectivity index is 3.34.